The first-order valence-electron chi connectivity index (χ1n) is 5.76. The van der Waals surface area contributed by atoms with Crippen LogP contribution in [0.15, 0.2) is 36.4 Å². The van der Waals surface area contributed by atoms with Crippen LogP contribution in [0.4, 0.5) is 0 Å². The van der Waals surface area contributed by atoms with Gasteiger partial charge in [-0.3, -0.25) is 4.79 Å². The van der Waals surface area contributed by atoms with Crippen LogP contribution in [-0.2, 0) is 9.53 Å². The number of aliphatic hydroxyl groups is 1. The second kappa shape index (κ2) is 6.93. The smallest absolute Gasteiger partial charge is 0.244 e. The molecule has 4 nitrogen and oxygen atoms in total. The molecular weight excluding hydrogens is 230 g/mol. The van der Waals surface area contributed by atoms with Crippen LogP contribution < -0.4 is 5.32 Å². The zero-order valence-electron chi connectivity index (χ0n) is 10.7. The van der Waals surface area contributed by atoms with Crippen molar-refractivity contribution in [1.29, 1.82) is 0 Å². The van der Waals surface area contributed by atoms with Crippen molar-refractivity contribution < 1.29 is 14.6 Å². The van der Waals surface area contributed by atoms with Gasteiger partial charge in [0.1, 0.15) is 5.60 Å². The molecule has 98 valence electrons. The molecule has 2 N–H and O–H groups in total. The van der Waals surface area contributed by atoms with Crippen molar-refractivity contribution in [2.24, 2.45) is 0 Å². The predicted molar refractivity (Wildman–Crippen MR) is 71.0 cm³/mol. The van der Waals surface area contributed by atoms with E-state index in [1.807, 2.05) is 30.3 Å². The Balaban J connectivity index is 2.41. The van der Waals surface area contributed by atoms with E-state index in [0.29, 0.717) is 0 Å². The van der Waals surface area contributed by atoms with Gasteiger partial charge in [-0.15, -0.1) is 0 Å². The Morgan fingerprint density at radius 3 is 2.72 bits per heavy atom. The maximum atomic E-state index is 11.5. The molecule has 0 aliphatic carbocycles. The molecule has 0 bridgehead atoms. The van der Waals surface area contributed by atoms with E-state index in [0.717, 1.165) is 5.56 Å². The summed E-state index contributed by atoms with van der Waals surface area (Å²) in [4.78, 5) is 11.5. The van der Waals surface area contributed by atoms with Crippen LogP contribution >= 0.6 is 0 Å². The molecule has 1 unspecified atom stereocenters. The first-order chi connectivity index (χ1) is 8.53. The van der Waals surface area contributed by atoms with E-state index in [1.165, 1.54) is 13.2 Å². The Bertz CT molecular complexity index is 399. The summed E-state index contributed by atoms with van der Waals surface area (Å²) in [5.74, 6) is -0.241. The molecule has 1 rings (SSSR count). The highest BCUT2D eigenvalue weighted by molar-refractivity contribution is 5.91. The molecule has 0 saturated carbocycles. The molecule has 1 atom stereocenters. The number of rotatable bonds is 6. The predicted octanol–water partition coefficient (Wildman–Crippen LogP) is 1.21. The molecular formula is C14H19NO3. The summed E-state index contributed by atoms with van der Waals surface area (Å²) >= 11 is 0. The summed E-state index contributed by atoms with van der Waals surface area (Å²) in [6.07, 6.45) is 3.17. The van der Waals surface area contributed by atoms with E-state index >= 15 is 0 Å². The number of benzene rings is 1. The lowest BCUT2D eigenvalue weighted by molar-refractivity contribution is -0.118. The van der Waals surface area contributed by atoms with Gasteiger partial charge in [-0.2, -0.15) is 0 Å². The number of hydrogen-bond donors (Lipinski definition) is 2. The number of nitrogens with one attached hydrogen (secondary N) is 1. The fourth-order valence-corrected chi connectivity index (χ4v) is 1.43. The lowest BCUT2D eigenvalue weighted by Gasteiger charge is -2.21. The van der Waals surface area contributed by atoms with E-state index < -0.39 is 5.60 Å². The highest BCUT2D eigenvalue weighted by atomic mass is 16.5. The van der Waals surface area contributed by atoms with Gasteiger partial charge in [0.2, 0.25) is 5.91 Å². The SMILES string of the molecule is COCC(C)(O)CNC(=O)C=Cc1ccccc1. The normalized spacial score (nSPS) is 14.4. The van der Waals surface area contributed by atoms with E-state index in [4.69, 9.17) is 4.74 Å². The van der Waals surface area contributed by atoms with E-state index in [-0.39, 0.29) is 19.1 Å². The van der Waals surface area contributed by atoms with Crippen molar-refractivity contribution in [3.8, 4) is 0 Å². The summed E-state index contributed by atoms with van der Waals surface area (Å²) in [6.45, 7) is 1.94. The lowest BCUT2D eigenvalue weighted by Crippen LogP contribution is -2.43. The van der Waals surface area contributed by atoms with Gasteiger partial charge < -0.3 is 15.2 Å². The maximum absolute atomic E-state index is 11.5. The zero-order valence-corrected chi connectivity index (χ0v) is 10.7. The van der Waals surface area contributed by atoms with Crippen molar-refractivity contribution in [2.75, 3.05) is 20.3 Å². The summed E-state index contributed by atoms with van der Waals surface area (Å²) in [6, 6.07) is 9.54. The molecule has 1 amide bonds. The molecule has 0 spiro atoms. The van der Waals surface area contributed by atoms with Gasteiger partial charge in [-0.05, 0) is 18.6 Å². The van der Waals surface area contributed by atoms with Crippen molar-refractivity contribution >= 4 is 12.0 Å². The third-order valence-corrected chi connectivity index (χ3v) is 2.33. The standard InChI is InChI=1S/C14H19NO3/c1-14(17,11-18-2)10-15-13(16)9-8-12-6-4-3-5-7-12/h3-9,17H,10-11H2,1-2H3,(H,15,16). The Morgan fingerprint density at radius 1 is 1.44 bits per heavy atom. The second-order valence-corrected chi connectivity index (χ2v) is 4.39. The molecule has 0 radical (unpaired) electrons. The number of ether oxygens (including phenoxy) is 1. The minimum atomic E-state index is -1.05. The number of methoxy groups -OCH3 is 1. The topological polar surface area (TPSA) is 58.6 Å². The Hall–Kier alpha value is -1.65. The van der Waals surface area contributed by atoms with Crippen LogP contribution in [0, 0.1) is 0 Å². The van der Waals surface area contributed by atoms with Crippen LogP contribution in [-0.4, -0.2) is 36.9 Å². The second-order valence-electron chi connectivity index (χ2n) is 4.39. The van der Waals surface area contributed by atoms with Crippen molar-refractivity contribution in [2.45, 2.75) is 12.5 Å². The van der Waals surface area contributed by atoms with Gasteiger partial charge in [-0.1, -0.05) is 30.3 Å². The monoisotopic (exact) mass is 249 g/mol. The third-order valence-electron chi connectivity index (χ3n) is 2.33. The van der Waals surface area contributed by atoms with Crippen molar-refractivity contribution in [3.05, 3.63) is 42.0 Å². The molecule has 0 heterocycles. The molecule has 1 aromatic carbocycles. The van der Waals surface area contributed by atoms with Gasteiger partial charge in [0, 0.05) is 19.7 Å². The average molecular weight is 249 g/mol. The van der Waals surface area contributed by atoms with Gasteiger partial charge in [-0.25, -0.2) is 0 Å². The fraction of sp³-hybridized carbons (Fsp3) is 0.357. The molecule has 4 heteroatoms. The van der Waals surface area contributed by atoms with Crippen LogP contribution in [0.3, 0.4) is 0 Å². The summed E-state index contributed by atoms with van der Waals surface area (Å²) in [5, 5.41) is 12.4. The van der Waals surface area contributed by atoms with Gasteiger partial charge in [0.25, 0.3) is 0 Å². The molecule has 0 aliphatic heterocycles. The minimum Gasteiger partial charge on any atom is -0.386 e. The highest BCUT2D eigenvalue weighted by Gasteiger charge is 2.20. The molecule has 0 fully saturated rings. The Morgan fingerprint density at radius 2 is 2.11 bits per heavy atom. The van der Waals surface area contributed by atoms with Crippen LogP contribution in [0.5, 0.6) is 0 Å². The summed E-state index contributed by atoms with van der Waals surface area (Å²) < 4.78 is 4.85. The van der Waals surface area contributed by atoms with Gasteiger partial charge in [0.15, 0.2) is 0 Å². The fourth-order valence-electron chi connectivity index (χ4n) is 1.43. The van der Waals surface area contributed by atoms with Crippen molar-refractivity contribution in [3.63, 3.8) is 0 Å². The average Bonchev–Trinajstić information content (AvgIpc) is 2.35. The molecule has 0 aromatic heterocycles. The van der Waals surface area contributed by atoms with Crippen LogP contribution in [0.25, 0.3) is 6.08 Å². The number of carbonyl (C=O) groups is 1. The maximum Gasteiger partial charge on any atom is 0.244 e. The quantitative estimate of drug-likeness (QED) is 0.745. The van der Waals surface area contributed by atoms with E-state index in [2.05, 4.69) is 5.32 Å². The van der Waals surface area contributed by atoms with E-state index in [1.54, 1.807) is 13.0 Å². The first-order valence-corrected chi connectivity index (χ1v) is 5.76. The lowest BCUT2D eigenvalue weighted by atomic mass is 10.1. The Kier molecular flexibility index (Phi) is 5.55. The first kappa shape index (κ1) is 14.4. The van der Waals surface area contributed by atoms with Gasteiger partial charge >= 0.3 is 0 Å². The van der Waals surface area contributed by atoms with Crippen LogP contribution in [0.1, 0.15) is 12.5 Å². The molecule has 0 saturated heterocycles. The van der Waals surface area contributed by atoms with Crippen LogP contribution in [0.2, 0.25) is 0 Å². The highest BCUT2D eigenvalue weighted by Crippen LogP contribution is 2.02. The van der Waals surface area contributed by atoms with Gasteiger partial charge in [0.05, 0.1) is 6.61 Å². The third kappa shape index (κ3) is 5.61. The Labute approximate surface area is 107 Å². The zero-order chi connectivity index (χ0) is 13.4. The molecule has 1 aromatic rings. The largest absolute Gasteiger partial charge is 0.386 e. The number of hydrogen-bond acceptors (Lipinski definition) is 3. The molecule has 0 aliphatic rings. The van der Waals surface area contributed by atoms with Crippen molar-refractivity contribution in [1.82, 2.24) is 5.32 Å². The number of carbonyl (C=O) groups excluding carboxylic acids is 1. The molecule has 18 heavy (non-hydrogen) atoms. The number of amides is 1. The minimum absolute atomic E-state index is 0.152. The summed E-state index contributed by atoms with van der Waals surface area (Å²) in [5.41, 5.74) is -0.0957. The van der Waals surface area contributed by atoms with E-state index in [9.17, 15) is 9.90 Å². The summed E-state index contributed by atoms with van der Waals surface area (Å²) in [7, 11) is 1.51.